The molecule has 1 unspecified atom stereocenters. The van der Waals surface area contributed by atoms with E-state index in [9.17, 15) is 4.79 Å². The smallest absolute Gasteiger partial charge is 0.261 e. The van der Waals surface area contributed by atoms with Crippen LogP contribution in [0.2, 0.25) is 0 Å². The van der Waals surface area contributed by atoms with Crippen LogP contribution in [-0.2, 0) is 4.74 Å². The summed E-state index contributed by atoms with van der Waals surface area (Å²) in [4.78, 5) is 13.3. The van der Waals surface area contributed by atoms with Crippen molar-refractivity contribution in [2.45, 2.75) is 30.3 Å². The number of ether oxygens (including phenoxy) is 1. The maximum atomic E-state index is 11.7. The molecular formula is C11H15NO2S2. The van der Waals surface area contributed by atoms with Gasteiger partial charge in [0.15, 0.2) is 0 Å². The van der Waals surface area contributed by atoms with Crippen LogP contribution >= 0.6 is 24.0 Å². The van der Waals surface area contributed by atoms with Crippen molar-refractivity contribution in [1.29, 1.82) is 0 Å². The third-order valence-electron chi connectivity index (χ3n) is 2.57. The van der Waals surface area contributed by atoms with Crippen molar-refractivity contribution in [2.75, 3.05) is 13.2 Å². The van der Waals surface area contributed by atoms with E-state index in [1.54, 1.807) is 6.07 Å². The van der Waals surface area contributed by atoms with Gasteiger partial charge in [0.25, 0.3) is 5.91 Å². The van der Waals surface area contributed by atoms with Crippen molar-refractivity contribution in [1.82, 2.24) is 5.32 Å². The molecule has 1 atom stereocenters. The number of hydrogen-bond acceptors (Lipinski definition) is 4. The van der Waals surface area contributed by atoms with E-state index in [0.717, 1.165) is 24.3 Å². The summed E-state index contributed by atoms with van der Waals surface area (Å²) in [6, 6.07) is 1.78. The number of carbonyl (C=O) groups is 1. The highest BCUT2D eigenvalue weighted by Crippen LogP contribution is 2.17. The Labute approximate surface area is 105 Å². The summed E-state index contributed by atoms with van der Waals surface area (Å²) in [6.45, 7) is 1.43. The summed E-state index contributed by atoms with van der Waals surface area (Å²) in [6.07, 6.45) is 3.56. The number of carbonyl (C=O) groups excluding carboxylic acids is 1. The van der Waals surface area contributed by atoms with E-state index in [1.165, 1.54) is 17.8 Å². The van der Waals surface area contributed by atoms with Gasteiger partial charge in [0.2, 0.25) is 0 Å². The van der Waals surface area contributed by atoms with Crippen molar-refractivity contribution in [3.05, 3.63) is 16.3 Å². The quantitative estimate of drug-likeness (QED) is 0.816. The number of nitrogens with one attached hydrogen (secondary N) is 1. The van der Waals surface area contributed by atoms with Crippen molar-refractivity contribution in [2.24, 2.45) is 0 Å². The molecule has 1 aliphatic rings. The lowest BCUT2D eigenvalue weighted by atomic mass is 10.1. The zero-order valence-electron chi connectivity index (χ0n) is 8.94. The lowest BCUT2D eigenvalue weighted by Crippen LogP contribution is -2.35. The Hall–Kier alpha value is -0.520. The Balaban J connectivity index is 1.79. The number of thiol groups is 1. The average molecular weight is 257 g/mol. The van der Waals surface area contributed by atoms with Gasteiger partial charge in [-0.2, -0.15) is 0 Å². The minimum Gasteiger partial charge on any atom is -0.376 e. The van der Waals surface area contributed by atoms with Gasteiger partial charge in [0.1, 0.15) is 0 Å². The molecule has 1 amide bonds. The molecule has 0 saturated carbocycles. The summed E-state index contributed by atoms with van der Waals surface area (Å²) in [5.41, 5.74) is 0. The van der Waals surface area contributed by atoms with E-state index < -0.39 is 0 Å². The molecule has 16 heavy (non-hydrogen) atoms. The second kappa shape index (κ2) is 5.70. The van der Waals surface area contributed by atoms with E-state index in [4.69, 9.17) is 4.74 Å². The summed E-state index contributed by atoms with van der Waals surface area (Å²) < 4.78 is 5.54. The molecule has 1 aliphatic heterocycles. The highest BCUT2D eigenvalue weighted by Gasteiger charge is 2.15. The van der Waals surface area contributed by atoms with Gasteiger partial charge in [-0.15, -0.1) is 24.0 Å². The van der Waals surface area contributed by atoms with Gasteiger partial charge < -0.3 is 10.1 Å². The van der Waals surface area contributed by atoms with E-state index in [-0.39, 0.29) is 12.0 Å². The Morgan fingerprint density at radius 2 is 2.50 bits per heavy atom. The number of amides is 1. The molecule has 1 fully saturated rings. The van der Waals surface area contributed by atoms with Crippen molar-refractivity contribution < 1.29 is 9.53 Å². The summed E-state index contributed by atoms with van der Waals surface area (Å²) >= 11 is 5.59. The molecular weight excluding hydrogens is 242 g/mol. The molecule has 1 aromatic heterocycles. The average Bonchev–Trinajstić information content (AvgIpc) is 2.74. The summed E-state index contributed by atoms with van der Waals surface area (Å²) in [5.74, 6) is -0.0283. The Bertz CT molecular complexity index is 359. The molecule has 1 N–H and O–H groups in total. The summed E-state index contributed by atoms with van der Waals surface area (Å²) in [5, 5.41) is 4.75. The van der Waals surface area contributed by atoms with E-state index in [2.05, 4.69) is 17.9 Å². The van der Waals surface area contributed by atoms with Crippen molar-refractivity contribution >= 4 is 29.9 Å². The monoisotopic (exact) mass is 257 g/mol. The minimum absolute atomic E-state index is 0.0283. The lowest BCUT2D eigenvalue weighted by Gasteiger charge is -2.22. The predicted octanol–water partition coefficient (Wildman–Crippen LogP) is 2.34. The molecule has 0 aromatic carbocycles. The van der Waals surface area contributed by atoms with Gasteiger partial charge in [0.05, 0.1) is 11.0 Å². The first-order valence-electron chi connectivity index (χ1n) is 5.43. The molecule has 1 saturated heterocycles. The van der Waals surface area contributed by atoms with E-state index in [0.29, 0.717) is 11.4 Å². The molecule has 3 nitrogen and oxygen atoms in total. The van der Waals surface area contributed by atoms with Gasteiger partial charge >= 0.3 is 0 Å². The standard InChI is InChI=1S/C11H15NO2S2/c13-11(10-5-9(15)7-16-10)12-6-8-3-1-2-4-14-8/h5,7-8,15H,1-4,6H2,(H,12,13). The van der Waals surface area contributed by atoms with Gasteiger partial charge in [-0.05, 0) is 25.3 Å². The van der Waals surface area contributed by atoms with Crippen LogP contribution in [0.25, 0.3) is 0 Å². The number of thiophene rings is 1. The Kier molecular flexibility index (Phi) is 4.26. The Morgan fingerprint density at radius 1 is 1.62 bits per heavy atom. The van der Waals surface area contributed by atoms with Crippen LogP contribution < -0.4 is 5.32 Å². The summed E-state index contributed by atoms with van der Waals surface area (Å²) in [7, 11) is 0. The fraction of sp³-hybridized carbons (Fsp3) is 0.545. The van der Waals surface area contributed by atoms with Crippen LogP contribution in [-0.4, -0.2) is 25.2 Å². The molecule has 5 heteroatoms. The van der Waals surface area contributed by atoms with Gasteiger partial charge in [-0.1, -0.05) is 0 Å². The zero-order chi connectivity index (χ0) is 11.4. The SMILES string of the molecule is O=C(NCC1CCCCO1)c1cc(S)cs1. The molecule has 2 heterocycles. The van der Waals surface area contributed by atoms with Gasteiger partial charge in [-0.3, -0.25) is 4.79 Å². The van der Waals surface area contributed by atoms with Gasteiger partial charge in [0, 0.05) is 23.4 Å². The van der Waals surface area contributed by atoms with Crippen LogP contribution in [0.15, 0.2) is 16.3 Å². The molecule has 0 aliphatic carbocycles. The normalized spacial score (nSPS) is 20.7. The molecule has 0 bridgehead atoms. The first-order valence-corrected chi connectivity index (χ1v) is 6.75. The van der Waals surface area contributed by atoms with Gasteiger partial charge in [-0.25, -0.2) is 0 Å². The number of rotatable bonds is 3. The van der Waals surface area contributed by atoms with Crippen molar-refractivity contribution in [3.63, 3.8) is 0 Å². The maximum absolute atomic E-state index is 11.7. The van der Waals surface area contributed by atoms with E-state index >= 15 is 0 Å². The maximum Gasteiger partial charge on any atom is 0.261 e. The van der Waals surface area contributed by atoms with Crippen LogP contribution in [0.3, 0.4) is 0 Å². The highest BCUT2D eigenvalue weighted by atomic mass is 32.1. The molecule has 88 valence electrons. The third kappa shape index (κ3) is 3.23. The molecule has 1 aromatic rings. The van der Waals surface area contributed by atoms with Crippen LogP contribution in [0.4, 0.5) is 0 Å². The predicted molar refractivity (Wildman–Crippen MR) is 67.5 cm³/mol. The fourth-order valence-electron chi connectivity index (χ4n) is 1.71. The first-order chi connectivity index (χ1) is 7.75. The second-order valence-corrected chi connectivity index (χ2v) is 5.30. The highest BCUT2D eigenvalue weighted by molar-refractivity contribution is 7.80. The Morgan fingerprint density at radius 3 is 3.12 bits per heavy atom. The first kappa shape index (κ1) is 12.0. The molecule has 2 rings (SSSR count). The second-order valence-electron chi connectivity index (χ2n) is 3.87. The molecule has 0 radical (unpaired) electrons. The topological polar surface area (TPSA) is 38.3 Å². The van der Waals surface area contributed by atoms with Crippen LogP contribution in [0, 0.1) is 0 Å². The largest absolute Gasteiger partial charge is 0.376 e. The number of hydrogen-bond donors (Lipinski definition) is 2. The zero-order valence-corrected chi connectivity index (χ0v) is 10.7. The van der Waals surface area contributed by atoms with Crippen LogP contribution in [0.5, 0.6) is 0 Å². The third-order valence-corrected chi connectivity index (χ3v) is 3.94. The minimum atomic E-state index is -0.0283. The van der Waals surface area contributed by atoms with Crippen molar-refractivity contribution in [3.8, 4) is 0 Å². The molecule has 0 spiro atoms. The van der Waals surface area contributed by atoms with Crippen LogP contribution in [0.1, 0.15) is 28.9 Å². The fourth-order valence-corrected chi connectivity index (χ4v) is 2.77. The lowest BCUT2D eigenvalue weighted by molar-refractivity contribution is 0.0169. The van der Waals surface area contributed by atoms with E-state index in [1.807, 2.05) is 5.38 Å².